The van der Waals surface area contributed by atoms with E-state index in [2.05, 4.69) is 0 Å². The van der Waals surface area contributed by atoms with Crippen molar-refractivity contribution in [3.63, 3.8) is 0 Å². The Hall–Kier alpha value is -2.02. The molecule has 1 fully saturated rings. The topological polar surface area (TPSA) is 57.2 Å². The molecule has 1 aliphatic heterocycles. The Morgan fingerprint density at radius 2 is 1.46 bits per heavy atom. The number of alkyl halides is 2. The molecule has 3 rings (SSSR count). The first-order valence-corrected chi connectivity index (χ1v) is 9.28. The maximum Gasteiger partial charge on any atom is 0.266 e. The number of carbonyl (C=O) groups is 1. The number of ether oxygens (including phenoxy) is 4. The number of methoxy groups -OCH3 is 4. The number of anilines is 1. The van der Waals surface area contributed by atoms with Crippen molar-refractivity contribution in [1.29, 1.82) is 0 Å². The van der Waals surface area contributed by atoms with Gasteiger partial charge in [-0.1, -0.05) is 40.9 Å². The predicted molar refractivity (Wildman–Crippen MR) is 109 cm³/mol. The van der Waals surface area contributed by atoms with Crippen LogP contribution in [-0.2, 0) is 4.79 Å². The lowest BCUT2D eigenvalue weighted by Crippen LogP contribution is -2.62. The molecule has 1 atom stereocenters. The zero-order valence-electron chi connectivity index (χ0n) is 15.6. The molecular weight excluding hydrogens is 429 g/mol. The van der Waals surface area contributed by atoms with Crippen LogP contribution in [0.4, 0.5) is 5.69 Å². The number of hydrogen-bond acceptors (Lipinski definition) is 5. The lowest BCUT2D eigenvalue weighted by Gasteiger charge is -2.49. The van der Waals surface area contributed by atoms with Crippen molar-refractivity contribution in [3.8, 4) is 23.0 Å². The van der Waals surface area contributed by atoms with E-state index in [1.807, 2.05) is 0 Å². The normalized spacial score (nSPS) is 17.8. The number of carbonyl (C=O) groups excluding carboxylic acids is 1. The van der Waals surface area contributed by atoms with Crippen LogP contribution in [0.2, 0.25) is 5.02 Å². The van der Waals surface area contributed by atoms with Crippen LogP contribution >= 0.6 is 34.8 Å². The van der Waals surface area contributed by atoms with Crippen molar-refractivity contribution in [3.05, 3.63) is 40.9 Å². The molecule has 6 nitrogen and oxygen atoms in total. The monoisotopic (exact) mass is 445 g/mol. The van der Waals surface area contributed by atoms with E-state index < -0.39 is 16.3 Å². The molecule has 28 heavy (non-hydrogen) atoms. The van der Waals surface area contributed by atoms with Crippen LogP contribution in [0.3, 0.4) is 0 Å². The summed E-state index contributed by atoms with van der Waals surface area (Å²) in [6.07, 6.45) is 0. The smallest absolute Gasteiger partial charge is 0.266 e. The number of halogens is 3. The van der Waals surface area contributed by atoms with E-state index in [4.69, 9.17) is 53.8 Å². The van der Waals surface area contributed by atoms with Crippen LogP contribution in [0, 0.1) is 0 Å². The Bertz CT molecular complexity index is 893. The Morgan fingerprint density at radius 3 is 1.93 bits per heavy atom. The number of amides is 1. The van der Waals surface area contributed by atoms with Crippen LogP contribution in [0.15, 0.2) is 30.3 Å². The van der Waals surface area contributed by atoms with Gasteiger partial charge in [0.15, 0.2) is 11.5 Å². The summed E-state index contributed by atoms with van der Waals surface area (Å²) >= 11 is 18.9. The zero-order valence-corrected chi connectivity index (χ0v) is 17.9. The maximum atomic E-state index is 12.7. The third kappa shape index (κ3) is 3.19. The van der Waals surface area contributed by atoms with Crippen LogP contribution in [0.1, 0.15) is 11.6 Å². The second-order valence-corrected chi connectivity index (χ2v) is 7.77. The van der Waals surface area contributed by atoms with Gasteiger partial charge in [0.2, 0.25) is 10.1 Å². The summed E-state index contributed by atoms with van der Waals surface area (Å²) in [5.74, 6) is 1.25. The Kier molecular flexibility index (Phi) is 5.75. The highest BCUT2D eigenvalue weighted by atomic mass is 35.5. The third-order valence-electron chi connectivity index (χ3n) is 4.52. The van der Waals surface area contributed by atoms with Crippen molar-refractivity contribution < 1.29 is 23.7 Å². The van der Waals surface area contributed by atoms with Gasteiger partial charge in [0.25, 0.3) is 5.91 Å². The van der Waals surface area contributed by atoms with Crippen molar-refractivity contribution >= 4 is 46.4 Å². The summed E-state index contributed by atoms with van der Waals surface area (Å²) in [6.45, 7) is 0. The van der Waals surface area contributed by atoms with E-state index in [1.165, 1.54) is 33.3 Å². The van der Waals surface area contributed by atoms with Gasteiger partial charge in [0, 0.05) is 12.1 Å². The number of rotatable bonds is 6. The Balaban J connectivity index is 2.10. The predicted octanol–water partition coefficient (Wildman–Crippen LogP) is 4.64. The minimum absolute atomic E-state index is 0.383. The zero-order chi connectivity index (χ0) is 20.6. The summed E-state index contributed by atoms with van der Waals surface area (Å²) in [4.78, 5) is 14.2. The van der Waals surface area contributed by atoms with E-state index in [0.29, 0.717) is 39.3 Å². The van der Waals surface area contributed by atoms with Crippen LogP contribution in [0.5, 0.6) is 23.0 Å². The highest BCUT2D eigenvalue weighted by Gasteiger charge is 2.60. The summed E-state index contributed by atoms with van der Waals surface area (Å²) in [6, 6.07) is 7.75. The molecule has 9 heteroatoms. The van der Waals surface area contributed by atoms with Gasteiger partial charge in [-0.2, -0.15) is 0 Å². The van der Waals surface area contributed by atoms with E-state index in [9.17, 15) is 4.79 Å². The molecule has 2 aromatic rings. The van der Waals surface area contributed by atoms with Gasteiger partial charge in [-0.25, -0.2) is 0 Å². The fraction of sp³-hybridized carbons (Fsp3) is 0.316. The lowest BCUT2D eigenvalue weighted by molar-refractivity contribution is -0.125. The number of benzene rings is 2. The average molecular weight is 447 g/mol. The average Bonchev–Trinajstić information content (AvgIpc) is 2.70. The van der Waals surface area contributed by atoms with Gasteiger partial charge in [0.05, 0.1) is 39.1 Å². The molecular formula is C19H18Cl3NO5. The molecule has 2 aromatic carbocycles. The van der Waals surface area contributed by atoms with Crippen LogP contribution < -0.4 is 23.8 Å². The molecule has 1 amide bonds. The van der Waals surface area contributed by atoms with E-state index in [1.54, 1.807) is 30.3 Å². The van der Waals surface area contributed by atoms with Gasteiger partial charge >= 0.3 is 0 Å². The molecule has 1 saturated heterocycles. The minimum Gasteiger partial charge on any atom is -0.495 e. The molecule has 0 saturated carbocycles. The second kappa shape index (κ2) is 7.78. The molecule has 0 bridgehead atoms. The summed E-state index contributed by atoms with van der Waals surface area (Å²) < 4.78 is 19.6. The fourth-order valence-electron chi connectivity index (χ4n) is 3.17. The van der Waals surface area contributed by atoms with E-state index in [0.717, 1.165) is 0 Å². The van der Waals surface area contributed by atoms with Crippen LogP contribution in [0.25, 0.3) is 0 Å². The SMILES string of the molecule is COc1ccc([C@@H]2N(c3cc(OC)c(OC)c(OC)c3)C(=O)C2(Cl)Cl)cc1Cl. The van der Waals surface area contributed by atoms with Gasteiger partial charge in [0.1, 0.15) is 11.8 Å². The van der Waals surface area contributed by atoms with E-state index >= 15 is 0 Å². The number of nitrogens with zero attached hydrogens (tertiary/aromatic N) is 1. The number of β-lactam (4-membered cyclic amide) rings is 1. The standard InChI is InChI=1S/C19H18Cl3NO5/c1-25-13-6-5-10(7-12(13)20)17-19(21,22)18(24)23(17)11-8-14(26-2)16(28-4)15(9-11)27-3/h5-9,17H,1-4H3/t17-/m0/s1. The Labute approximate surface area is 177 Å². The van der Waals surface area contributed by atoms with E-state index in [-0.39, 0.29) is 0 Å². The molecule has 0 radical (unpaired) electrons. The molecule has 0 spiro atoms. The van der Waals surface area contributed by atoms with Crippen molar-refractivity contribution in [2.24, 2.45) is 0 Å². The summed E-state index contributed by atoms with van der Waals surface area (Å²) in [5.41, 5.74) is 1.15. The molecule has 1 aliphatic rings. The van der Waals surface area contributed by atoms with Gasteiger partial charge in [-0.05, 0) is 17.7 Å². The largest absolute Gasteiger partial charge is 0.495 e. The highest BCUT2D eigenvalue weighted by Crippen LogP contribution is 2.55. The van der Waals surface area contributed by atoms with Crippen molar-refractivity contribution in [1.82, 2.24) is 0 Å². The quantitative estimate of drug-likeness (QED) is 0.478. The molecule has 0 unspecified atom stereocenters. The summed E-state index contributed by atoms with van der Waals surface area (Å²) in [7, 11) is 6.00. The first kappa shape index (κ1) is 20.7. The third-order valence-corrected chi connectivity index (χ3v) is 5.56. The van der Waals surface area contributed by atoms with Crippen molar-refractivity contribution in [2.75, 3.05) is 33.3 Å². The molecule has 0 aliphatic carbocycles. The van der Waals surface area contributed by atoms with Gasteiger partial charge in [-0.15, -0.1) is 0 Å². The molecule has 1 heterocycles. The maximum absolute atomic E-state index is 12.7. The second-order valence-electron chi connectivity index (χ2n) is 5.98. The fourth-order valence-corrected chi connectivity index (χ4v) is 4.07. The molecule has 150 valence electrons. The first-order chi connectivity index (χ1) is 13.3. The highest BCUT2D eigenvalue weighted by molar-refractivity contribution is 6.62. The van der Waals surface area contributed by atoms with Gasteiger partial charge in [-0.3, -0.25) is 9.69 Å². The number of hydrogen-bond donors (Lipinski definition) is 0. The molecule has 0 aromatic heterocycles. The molecule has 0 N–H and O–H groups in total. The van der Waals surface area contributed by atoms with Crippen molar-refractivity contribution in [2.45, 2.75) is 10.4 Å². The summed E-state index contributed by atoms with van der Waals surface area (Å²) in [5, 5.41) is 0.383. The van der Waals surface area contributed by atoms with Gasteiger partial charge < -0.3 is 18.9 Å². The minimum atomic E-state index is -1.64. The lowest BCUT2D eigenvalue weighted by atomic mass is 9.91. The Morgan fingerprint density at radius 1 is 0.893 bits per heavy atom. The first-order valence-electron chi connectivity index (χ1n) is 8.15. The van der Waals surface area contributed by atoms with Crippen LogP contribution in [-0.4, -0.2) is 38.7 Å².